The van der Waals surface area contributed by atoms with Gasteiger partial charge in [0.15, 0.2) is 11.5 Å². The van der Waals surface area contributed by atoms with Crippen LogP contribution in [0, 0.1) is 0 Å². The monoisotopic (exact) mass is 344 g/mol. The zero-order valence-corrected chi connectivity index (χ0v) is 14.5. The summed E-state index contributed by atoms with van der Waals surface area (Å²) in [5, 5.41) is 3.29. The van der Waals surface area contributed by atoms with Gasteiger partial charge in [-0.1, -0.05) is 6.92 Å². The maximum atomic E-state index is 12.9. The number of hydrogen-bond acceptors (Lipinski definition) is 5. The second-order valence-corrected chi connectivity index (χ2v) is 7.08. The fourth-order valence-corrected chi connectivity index (χ4v) is 4.28. The lowest BCUT2D eigenvalue weighted by Gasteiger charge is -2.32. The molecule has 1 saturated heterocycles. The Hall–Kier alpha value is -2.08. The molecule has 3 heterocycles. The minimum atomic E-state index is 0.0604. The van der Waals surface area contributed by atoms with Gasteiger partial charge in [0, 0.05) is 30.0 Å². The van der Waals surface area contributed by atoms with Gasteiger partial charge in [0.25, 0.3) is 5.91 Å². The summed E-state index contributed by atoms with van der Waals surface area (Å²) in [6.07, 6.45) is 3.08. The second kappa shape index (κ2) is 6.43. The number of likely N-dealkylation sites (tertiary alicyclic amines) is 1. The molecule has 0 radical (unpaired) electrons. The Balaban J connectivity index is 1.50. The van der Waals surface area contributed by atoms with Crippen LogP contribution in [0.2, 0.25) is 0 Å². The summed E-state index contributed by atoms with van der Waals surface area (Å²) in [6.45, 7) is 3.89. The predicted octanol–water partition coefficient (Wildman–Crippen LogP) is 3.45. The van der Waals surface area contributed by atoms with Crippen molar-refractivity contribution in [3.8, 4) is 11.5 Å². The van der Waals surface area contributed by atoms with E-state index < -0.39 is 0 Å². The highest BCUT2D eigenvalue weighted by atomic mass is 32.1. The van der Waals surface area contributed by atoms with E-state index in [4.69, 9.17) is 14.5 Å². The first-order valence-corrected chi connectivity index (χ1v) is 9.26. The molecule has 24 heavy (non-hydrogen) atoms. The quantitative estimate of drug-likeness (QED) is 0.856. The molecule has 1 aromatic heterocycles. The van der Waals surface area contributed by atoms with E-state index in [9.17, 15) is 4.79 Å². The van der Waals surface area contributed by atoms with Gasteiger partial charge in [-0.05, 0) is 37.5 Å². The summed E-state index contributed by atoms with van der Waals surface area (Å²) in [6, 6.07) is 5.41. The number of aryl methyl sites for hydroxylation is 1. The zero-order valence-electron chi connectivity index (χ0n) is 13.7. The molecule has 1 amide bonds. The summed E-state index contributed by atoms with van der Waals surface area (Å²) < 4.78 is 10.7. The standard InChI is InChI=1S/C18H20N2O3S/c1-2-14-10-24-17(19-14)13-4-3-7-20(9-13)18(21)12-5-6-15-16(8-12)23-11-22-15/h5-6,8,10,13H,2-4,7,9,11H2,1H3/t13-/m0/s1. The Bertz CT molecular complexity index is 758. The minimum Gasteiger partial charge on any atom is -0.454 e. The van der Waals surface area contributed by atoms with Crippen LogP contribution in [-0.2, 0) is 6.42 Å². The molecule has 5 nitrogen and oxygen atoms in total. The summed E-state index contributed by atoms with van der Waals surface area (Å²) in [5.41, 5.74) is 1.81. The van der Waals surface area contributed by atoms with Gasteiger partial charge in [0.1, 0.15) is 0 Å². The van der Waals surface area contributed by atoms with Gasteiger partial charge < -0.3 is 14.4 Å². The average Bonchev–Trinajstić information content (AvgIpc) is 3.29. The number of carbonyl (C=O) groups excluding carboxylic acids is 1. The van der Waals surface area contributed by atoms with Crippen molar-refractivity contribution in [2.45, 2.75) is 32.1 Å². The Morgan fingerprint density at radius 1 is 1.38 bits per heavy atom. The number of fused-ring (bicyclic) bond motifs is 1. The Kier molecular flexibility index (Phi) is 4.14. The van der Waals surface area contributed by atoms with Gasteiger partial charge in [-0.15, -0.1) is 11.3 Å². The first-order chi connectivity index (χ1) is 11.7. The van der Waals surface area contributed by atoms with Crippen molar-refractivity contribution in [1.82, 2.24) is 9.88 Å². The van der Waals surface area contributed by atoms with E-state index in [0.29, 0.717) is 23.0 Å². The third-order valence-electron chi connectivity index (χ3n) is 4.61. The summed E-state index contributed by atoms with van der Waals surface area (Å²) in [7, 11) is 0. The van der Waals surface area contributed by atoms with E-state index in [-0.39, 0.29) is 12.7 Å². The number of benzene rings is 1. The molecule has 0 bridgehead atoms. The van der Waals surface area contributed by atoms with Crippen molar-refractivity contribution in [2.24, 2.45) is 0 Å². The van der Waals surface area contributed by atoms with Gasteiger partial charge in [0.2, 0.25) is 6.79 Å². The molecular weight excluding hydrogens is 324 g/mol. The first-order valence-electron chi connectivity index (χ1n) is 8.38. The normalized spacial score (nSPS) is 19.5. The molecule has 2 aliphatic heterocycles. The van der Waals surface area contributed by atoms with Gasteiger partial charge in [0.05, 0.1) is 10.7 Å². The van der Waals surface area contributed by atoms with E-state index in [0.717, 1.165) is 43.1 Å². The van der Waals surface area contributed by atoms with Crippen LogP contribution in [0.15, 0.2) is 23.6 Å². The maximum Gasteiger partial charge on any atom is 0.254 e. The third-order valence-corrected chi connectivity index (χ3v) is 5.67. The second-order valence-electron chi connectivity index (χ2n) is 6.19. The van der Waals surface area contributed by atoms with Crippen LogP contribution in [-0.4, -0.2) is 35.7 Å². The van der Waals surface area contributed by atoms with E-state index in [1.807, 2.05) is 17.0 Å². The molecular formula is C18H20N2O3S. The molecule has 1 aromatic carbocycles. The summed E-state index contributed by atoms with van der Waals surface area (Å²) in [5.74, 6) is 1.77. The van der Waals surface area contributed by atoms with E-state index in [1.165, 1.54) is 0 Å². The van der Waals surface area contributed by atoms with E-state index >= 15 is 0 Å². The van der Waals surface area contributed by atoms with Crippen LogP contribution in [0.5, 0.6) is 11.5 Å². The molecule has 0 aliphatic carbocycles. The van der Waals surface area contributed by atoms with Crippen molar-refractivity contribution < 1.29 is 14.3 Å². The lowest BCUT2D eigenvalue weighted by atomic mass is 9.98. The molecule has 2 aliphatic rings. The van der Waals surface area contributed by atoms with Crippen LogP contribution in [0.1, 0.15) is 46.7 Å². The fourth-order valence-electron chi connectivity index (χ4n) is 3.25. The number of carbonyl (C=O) groups is 1. The van der Waals surface area contributed by atoms with E-state index in [2.05, 4.69) is 12.3 Å². The maximum absolute atomic E-state index is 12.9. The molecule has 6 heteroatoms. The highest BCUT2D eigenvalue weighted by molar-refractivity contribution is 7.09. The van der Waals surface area contributed by atoms with Crippen LogP contribution < -0.4 is 9.47 Å². The largest absolute Gasteiger partial charge is 0.454 e. The lowest BCUT2D eigenvalue weighted by molar-refractivity contribution is 0.0706. The number of rotatable bonds is 3. The summed E-state index contributed by atoms with van der Waals surface area (Å²) in [4.78, 5) is 19.5. The topological polar surface area (TPSA) is 51.7 Å². The van der Waals surface area contributed by atoms with Crippen LogP contribution in [0.25, 0.3) is 0 Å². The fraction of sp³-hybridized carbons (Fsp3) is 0.444. The van der Waals surface area contributed by atoms with Gasteiger partial charge in [-0.2, -0.15) is 0 Å². The Labute approximate surface area is 145 Å². The molecule has 0 N–H and O–H groups in total. The van der Waals surface area contributed by atoms with Gasteiger partial charge >= 0.3 is 0 Å². The van der Waals surface area contributed by atoms with Crippen LogP contribution in [0.4, 0.5) is 0 Å². The molecule has 4 rings (SSSR count). The van der Waals surface area contributed by atoms with E-state index in [1.54, 1.807) is 17.4 Å². The number of thiazole rings is 1. The summed E-state index contributed by atoms with van der Waals surface area (Å²) >= 11 is 1.72. The Morgan fingerprint density at radius 2 is 2.25 bits per heavy atom. The van der Waals surface area contributed by atoms with Crippen molar-refractivity contribution in [3.05, 3.63) is 39.8 Å². The number of hydrogen-bond donors (Lipinski definition) is 0. The number of piperidine rings is 1. The minimum absolute atomic E-state index is 0.0604. The highest BCUT2D eigenvalue weighted by Gasteiger charge is 2.28. The van der Waals surface area contributed by atoms with Crippen molar-refractivity contribution in [2.75, 3.05) is 19.9 Å². The molecule has 0 spiro atoms. The first kappa shape index (κ1) is 15.4. The highest BCUT2D eigenvalue weighted by Crippen LogP contribution is 2.34. The van der Waals surface area contributed by atoms with Gasteiger partial charge in [-0.25, -0.2) is 4.98 Å². The van der Waals surface area contributed by atoms with Crippen LogP contribution >= 0.6 is 11.3 Å². The number of ether oxygens (including phenoxy) is 2. The molecule has 2 aromatic rings. The van der Waals surface area contributed by atoms with Gasteiger partial charge in [-0.3, -0.25) is 4.79 Å². The Morgan fingerprint density at radius 3 is 3.08 bits per heavy atom. The average molecular weight is 344 g/mol. The van der Waals surface area contributed by atoms with Crippen molar-refractivity contribution in [1.29, 1.82) is 0 Å². The van der Waals surface area contributed by atoms with Crippen LogP contribution in [0.3, 0.4) is 0 Å². The zero-order chi connectivity index (χ0) is 16.5. The van der Waals surface area contributed by atoms with Crippen molar-refractivity contribution in [3.63, 3.8) is 0 Å². The van der Waals surface area contributed by atoms with Crippen molar-refractivity contribution >= 4 is 17.2 Å². The molecule has 1 atom stereocenters. The molecule has 0 unspecified atom stereocenters. The third kappa shape index (κ3) is 2.86. The number of amides is 1. The molecule has 126 valence electrons. The number of nitrogens with zero attached hydrogens (tertiary/aromatic N) is 2. The predicted molar refractivity (Wildman–Crippen MR) is 91.9 cm³/mol. The smallest absolute Gasteiger partial charge is 0.254 e. The number of aromatic nitrogens is 1. The molecule has 0 saturated carbocycles. The lowest BCUT2D eigenvalue weighted by Crippen LogP contribution is -2.39. The SMILES string of the molecule is CCc1csc([C@H]2CCCN(C(=O)c3ccc4c(c3)OCO4)C2)n1. The molecule has 1 fully saturated rings.